The third kappa shape index (κ3) is 5.32. The molecule has 7 nitrogen and oxygen atoms in total. The number of methoxy groups -OCH3 is 1. The molecule has 3 rings (SSSR count). The van der Waals surface area contributed by atoms with E-state index in [9.17, 15) is 0 Å². The molecule has 2 aliphatic rings. The SMILES string of the molecule is CN=C(NCC1CCCN1CCOC)N1CCC(c2cnn(C)c2)C1.I. The van der Waals surface area contributed by atoms with E-state index in [1.807, 2.05) is 25.0 Å². The maximum atomic E-state index is 5.23. The van der Waals surface area contributed by atoms with E-state index in [2.05, 4.69) is 31.4 Å². The Labute approximate surface area is 174 Å². The standard InChI is InChI=1S/C18H32N6O.HI/c1-19-18(20-12-17-5-4-7-23(17)9-10-25-3)24-8-6-15(14-24)16-11-21-22(2)13-16;/h11,13,15,17H,4-10,12,14H2,1-3H3,(H,19,20);1H. The average Bonchev–Trinajstić information content (AvgIpc) is 3.34. The molecular weight excluding hydrogens is 443 g/mol. The molecule has 1 aromatic rings. The van der Waals surface area contributed by atoms with E-state index in [0.717, 1.165) is 45.2 Å². The highest BCUT2D eigenvalue weighted by Gasteiger charge is 2.28. The summed E-state index contributed by atoms with van der Waals surface area (Å²) < 4.78 is 7.12. The van der Waals surface area contributed by atoms with Crippen molar-refractivity contribution in [1.29, 1.82) is 0 Å². The first-order valence-corrected chi connectivity index (χ1v) is 9.38. The van der Waals surface area contributed by atoms with Crippen LogP contribution in [0.2, 0.25) is 0 Å². The Hall–Kier alpha value is -0.870. The van der Waals surface area contributed by atoms with Crippen molar-refractivity contribution in [1.82, 2.24) is 24.9 Å². The van der Waals surface area contributed by atoms with Crippen molar-refractivity contribution in [3.63, 3.8) is 0 Å². The van der Waals surface area contributed by atoms with Gasteiger partial charge < -0.3 is 15.0 Å². The summed E-state index contributed by atoms with van der Waals surface area (Å²) in [6.07, 6.45) is 7.83. The summed E-state index contributed by atoms with van der Waals surface area (Å²) >= 11 is 0. The molecule has 0 radical (unpaired) electrons. The molecule has 3 heterocycles. The Bertz CT molecular complexity index is 578. The number of ether oxygens (including phenoxy) is 1. The Balaban J connectivity index is 0.00000243. The zero-order chi connectivity index (χ0) is 17.6. The van der Waals surface area contributed by atoms with E-state index in [4.69, 9.17) is 4.74 Å². The summed E-state index contributed by atoms with van der Waals surface area (Å²) in [5.41, 5.74) is 1.34. The number of halogens is 1. The van der Waals surface area contributed by atoms with Crippen molar-refractivity contribution < 1.29 is 4.74 Å². The van der Waals surface area contributed by atoms with Crippen LogP contribution in [0.15, 0.2) is 17.4 Å². The quantitative estimate of drug-likeness (QED) is 0.384. The highest BCUT2D eigenvalue weighted by molar-refractivity contribution is 14.0. The molecule has 0 spiro atoms. The van der Waals surface area contributed by atoms with E-state index >= 15 is 0 Å². The van der Waals surface area contributed by atoms with Gasteiger partial charge in [0.1, 0.15) is 0 Å². The predicted molar refractivity (Wildman–Crippen MR) is 115 cm³/mol. The minimum absolute atomic E-state index is 0. The van der Waals surface area contributed by atoms with Crippen molar-refractivity contribution >= 4 is 29.9 Å². The number of nitrogens with one attached hydrogen (secondary N) is 1. The van der Waals surface area contributed by atoms with Gasteiger partial charge in [0.25, 0.3) is 0 Å². The molecular formula is C18H33IN6O. The fourth-order valence-corrected chi connectivity index (χ4v) is 4.05. The van der Waals surface area contributed by atoms with Gasteiger partial charge in [0.2, 0.25) is 0 Å². The predicted octanol–water partition coefficient (Wildman–Crippen LogP) is 1.51. The van der Waals surface area contributed by atoms with Gasteiger partial charge in [-0.1, -0.05) is 0 Å². The van der Waals surface area contributed by atoms with Crippen molar-refractivity contribution in [2.45, 2.75) is 31.2 Å². The highest BCUT2D eigenvalue weighted by atomic mass is 127. The maximum absolute atomic E-state index is 5.23. The molecule has 1 N–H and O–H groups in total. The summed E-state index contributed by atoms with van der Waals surface area (Å²) in [6.45, 7) is 6.05. The lowest BCUT2D eigenvalue weighted by Gasteiger charge is -2.27. The van der Waals surface area contributed by atoms with E-state index in [1.54, 1.807) is 7.11 Å². The van der Waals surface area contributed by atoms with Gasteiger partial charge in [0, 0.05) is 65.5 Å². The van der Waals surface area contributed by atoms with Crippen LogP contribution >= 0.6 is 24.0 Å². The van der Waals surface area contributed by atoms with Crippen LogP contribution in [0.3, 0.4) is 0 Å². The number of rotatable bonds is 6. The number of nitrogens with zero attached hydrogens (tertiary/aromatic N) is 5. The van der Waals surface area contributed by atoms with Crippen molar-refractivity contribution in [3.8, 4) is 0 Å². The fraction of sp³-hybridized carbons (Fsp3) is 0.778. The average molecular weight is 476 g/mol. The van der Waals surface area contributed by atoms with Gasteiger partial charge in [-0.05, 0) is 31.4 Å². The molecule has 8 heteroatoms. The second-order valence-corrected chi connectivity index (χ2v) is 7.13. The summed E-state index contributed by atoms with van der Waals surface area (Å²) in [5, 5.41) is 7.92. The third-order valence-corrected chi connectivity index (χ3v) is 5.47. The monoisotopic (exact) mass is 476 g/mol. The van der Waals surface area contributed by atoms with E-state index in [1.165, 1.54) is 24.9 Å². The molecule has 1 aromatic heterocycles. The topological polar surface area (TPSA) is 57.9 Å². The molecule has 2 saturated heterocycles. The summed E-state index contributed by atoms with van der Waals surface area (Å²) in [7, 11) is 5.64. The lowest BCUT2D eigenvalue weighted by Crippen LogP contribution is -2.46. The minimum Gasteiger partial charge on any atom is -0.383 e. The lowest BCUT2D eigenvalue weighted by molar-refractivity contribution is 0.141. The normalized spacial score (nSPS) is 24.1. The molecule has 0 saturated carbocycles. The molecule has 0 bridgehead atoms. The van der Waals surface area contributed by atoms with E-state index in [0.29, 0.717) is 12.0 Å². The molecule has 2 unspecified atom stereocenters. The van der Waals surface area contributed by atoms with Crippen molar-refractivity contribution in [3.05, 3.63) is 18.0 Å². The Morgan fingerprint density at radius 3 is 2.92 bits per heavy atom. The zero-order valence-electron chi connectivity index (χ0n) is 16.2. The van der Waals surface area contributed by atoms with E-state index in [-0.39, 0.29) is 24.0 Å². The summed E-state index contributed by atoms with van der Waals surface area (Å²) in [5.74, 6) is 1.59. The highest BCUT2D eigenvalue weighted by Crippen LogP contribution is 2.26. The number of likely N-dealkylation sites (tertiary alicyclic amines) is 2. The first-order valence-electron chi connectivity index (χ1n) is 9.38. The van der Waals surface area contributed by atoms with Crippen molar-refractivity contribution in [2.24, 2.45) is 12.0 Å². The van der Waals surface area contributed by atoms with Crippen LogP contribution < -0.4 is 5.32 Å². The molecule has 26 heavy (non-hydrogen) atoms. The lowest BCUT2D eigenvalue weighted by atomic mass is 10.0. The van der Waals surface area contributed by atoms with Gasteiger partial charge >= 0.3 is 0 Å². The molecule has 2 fully saturated rings. The van der Waals surface area contributed by atoms with Gasteiger partial charge in [-0.15, -0.1) is 24.0 Å². The first kappa shape index (κ1) is 21.4. The third-order valence-electron chi connectivity index (χ3n) is 5.47. The Morgan fingerprint density at radius 2 is 2.23 bits per heavy atom. The second kappa shape index (κ2) is 10.5. The largest absolute Gasteiger partial charge is 0.383 e. The molecule has 2 atom stereocenters. The number of aryl methyl sites for hydroxylation is 1. The summed E-state index contributed by atoms with van der Waals surface area (Å²) in [6, 6.07) is 0.587. The number of aliphatic imine (C=N–C) groups is 1. The maximum Gasteiger partial charge on any atom is 0.193 e. The van der Waals surface area contributed by atoms with Gasteiger partial charge in [0.15, 0.2) is 5.96 Å². The van der Waals surface area contributed by atoms with Gasteiger partial charge in [0.05, 0.1) is 12.8 Å². The van der Waals surface area contributed by atoms with Crippen LogP contribution in [0.4, 0.5) is 0 Å². The Morgan fingerprint density at radius 1 is 1.38 bits per heavy atom. The van der Waals surface area contributed by atoms with Crippen LogP contribution in [0, 0.1) is 0 Å². The minimum atomic E-state index is 0. The van der Waals surface area contributed by atoms with Crippen LogP contribution in [0.25, 0.3) is 0 Å². The van der Waals surface area contributed by atoms with Crippen molar-refractivity contribution in [2.75, 3.05) is 53.5 Å². The van der Waals surface area contributed by atoms with Crippen LogP contribution in [0.1, 0.15) is 30.7 Å². The molecule has 0 aliphatic carbocycles. The summed E-state index contributed by atoms with van der Waals surface area (Å²) in [4.78, 5) is 9.43. The van der Waals surface area contributed by atoms with E-state index < -0.39 is 0 Å². The van der Waals surface area contributed by atoms with Gasteiger partial charge in [-0.2, -0.15) is 5.10 Å². The fourth-order valence-electron chi connectivity index (χ4n) is 4.05. The number of hydrogen-bond donors (Lipinski definition) is 1. The smallest absolute Gasteiger partial charge is 0.193 e. The van der Waals surface area contributed by atoms with Gasteiger partial charge in [-0.25, -0.2) is 0 Å². The number of aromatic nitrogens is 2. The van der Waals surface area contributed by atoms with Crippen LogP contribution in [0.5, 0.6) is 0 Å². The number of hydrogen-bond acceptors (Lipinski definition) is 4. The van der Waals surface area contributed by atoms with Crippen LogP contribution in [-0.4, -0.2) is 85.1 Å². The second-order valence-electron chi connectivity index (χ2n) is 7.13. The molecule has 2 aliphatic heterocycles. The van der Waals surface area contributed by atoms with Crippen LogP contribution in [-0.2, 0) is 11.8 Å². The Kier molecular flexibility index (Phi) is 8.62. The molecule has 0 amide bonds. The zero-order valence-corrected chi connectivity index (χ0v) is 18.6. The molecule has 0 aromatic carbocycles. The number of guanidine groups is 1. The van der Waals surface area contributed by atoms with Gasteiger partial charge in [-0.3, -0.25) is 14.6 Å². The first-order chi connectivity index (χ1) is 12.2. The molecule has 148 valence electrons.